The number of benzene rings is 1. The summed E-state index contributed by atoms with van der Waals surface area (Å²) in [6.07, 6.45) is 4.26. The molecule has 0 saturated heterocycles. The van der Waals surface area contributed by atoms with Crippen LogP contribution in [-0.4, -0.2) is 14.7 Å². The third kappa shape index (κ3) is 1.84. The monoisotopic (exact) mass is 324 g/mol. The molecule has 20 heavy (non-hydrogen) atoms. The molecule has 0 N–H and O–H groups in total. The molecule has 0 fully saturated rings. The van der Waals surface area contributed by atoms with Crippen LogP contribution in [0.3, 0.4) is 0 Å². The zero-order valence-electron chi connectivity index (χ0n) is 10.4. The molecule has 1 atom stereocenters. The first-order valence-electron chi connectivity index (χ1n) is 5.49. The van der Waals surface area contributed by atoms with Gasteiger partial charge in [0.2, 0.25) is 0 Å². The van der Waals surface area contributed by atoms with Crippen molar-refractivity contribution in [1.29, 1.82) is 10.5 Å². The van der Waals surface area contributed by atoms with Crippen LogP contribution in [0.25, 0.3) is 0 Å². The van der Waals surface area contributed by atoms with E-state index in [-0.39, 0.29) is 0 Å². The highest BCUT2D eigenvalue weighted by Gasteiger charge is 2.50. The van der Waals surface area contributed by atoms with E-state index in [9.17, 15) is 18.9 Å². The molecule has 102 valence electrons. The predicted molar refractivity (Wildman–Crippen MR) is 78.5 cm³/mol. The van der Waals surface area contributed by atoms with E-state index in [2.05, 4.69) is 0 Å². The van der Waals surface area contributed by atoms with Crippen LogP contribution in [0.1, 0.15) is 11.1 Å². The first kappa shape index (κ1) is 14.9. The van der Waals surface area contributed by atoms with E-state index in [0.29, 0.717) is 11.1 Å². The van der Waals surface area contributed by atoms with E-state index >= 15 is 0 Å². The highest BCUT2D eigenvalue weighted by atomic mass is 35.7. The van der Waals surface area contributed by atoms with Crippen LogP contribution >= 0.6 is 22.4 Å². The Hall–Kier alpha value is -1.47. The summed E-state index contributed by atoms with van der Waals surface area (Å²) < 4.78 is 22.6. The molecule has 1 aliphatic carbocycles. The fraction of sp³-hybridized carbons (Fsp3) is 0.231. The van der Waals surface area contributed by atoms with E-state index < -0.39 is 18.5 Å². The Bertz CT molecular complexity index is 760. The summed E-state index contributed by atoms with van der Waals surface area (Å²) in [6, 6.07) is 10.4. The maximum Gasteiger partial charge on any atom is 0.255 e. The van der Waals surface area contributed by atoms with Gasteiger partial charge >= 0.3 is 0 Å². The Morgan fingerprint density at radius 1 is 1.15 bits per heavy atom. The van der Waals surface area contributed by atoms with Crippen LogP contribution in [0.15, 0.2) is 36.4 Å². The number of fused-ring (bicyclic) bond motifs is 1. The van der Waals surface area contributed by atoms with Crippen molar-refractivity contribution >= 4 is 31.5 Å². The van der Waals surface area contributed by atoms with Gasteiger partial charge in [-0.1, -0.05) is 24.3 Å². The standard InChI is InChI=1S/C13H9ClN2O2S2/c1-19-13(20(14,17)18)7-6-12(8-15,9-16)10-4-2-3-5-11(10)13/h2-7H,1H3. The van der Waals surface area contributed by atoms with Gasteiger partial charge in [0.05, 0.1) is 12.1 Å². The van der Waals surface area contributed by atoms with Crippen molar-refractivity contribution in [3.63, 3.8) is 0 Å². The van der Waals surface area contributed by atoms with Crippen LogP contribution in [0.2, 0.25) is 0 Å². The molecule has 1 aromatic carbocycles. The first-order valence-corrected chi connectivity index (χ1v) is 9.02. The van der Waals surface area contributed by atoms with Gasteiger partial charge in [0.15, 0.2) is 9.49 Å². The third-order valence-corrected chi connectivity index (χ3v) is 7.50. The fourth-order valence-electron chi connectivity index (χ4n) is 2.26. The molecule has 1 aromatic rings. The minimum atomic E-state index is -3.99. The SMILES string of the molecule is CSC1(S(=O)(=O)Cl)C=CC(C#N)(C#N)c2ccccc21. The summed E-state index contributed by atoms with van der Waals surface area (Å²) in [4.78, 5) is 0. The topological polar surface area (TPSA) is 81.7 Å². The minimum Gasteiger partial charge on any atom is -0.210 e. The van der Waals surface area contributed by atoms with Crippen molar-refractivity contribution in [2.75, 3.05) is 6.26 Å². The molecular formula is C13H9ClN2O2S2. The molecule has 0 saturated carbocycles. The number of rotatable bonds is 2. The highest BCUT2D eigenvalue weighted by molar-refractivity contribution is 8.24. The Morgan fingerprint density at radius 2 is 1.70 bits per heavy atom. The van der Waals surface area contributed by atoms with Gasteiger partial charge < -0.3 is 0 Å². The van der Waals surface area contributed by atoms with Crippen LogP contribution in [-0.2, 0) is 18.5 Å². The molecule has 1 unspecified atom stereocenters. The molecule has 0 amide bonds. The lowest BCUT2D eigenvalue weighted by atomic mass is 9.76. The van der Waals surface area contributed by atoms with Gasteiger partial charge in [-0.3, -0.25) is 0 Å². The molecule has 7 heteroatoms. The lowest BCUT2D eigenvalue weighted by molar-refractivity contribution is 0.598. The molecule has 0 bridgehead atoms. The van der Waals surface area contributed by atoms with Crippen LogP contribution in [0.5, 0.6) is 0 Å². The number of thioether (sulfide) groups is 1. The van der Waals surface area contributed by atoms with E-state index in [1.165, 1.54) is 12.2 Å². The molecule has 2 rings (SSSR count). The zero-order valence-corrected chi connectivity index (χ0v) is 12.8. The molecule has 0 heterocycles. The first-order chi connectivity index (χ1) is 9.37. The Balaban J connectivity index is 2.91. The van der Waals surface area contributed by atoms with Gasteiger partial charge in [0, 0.05) is 10.7 Å². The highest BCUT2D eigenvalue weighted by Crippen LogP contribution is 2.51. The average molecular weight is 325 g/mol. The number of nitriles is 2. The van der Waals surface area contributed by atoms with E-state index in [1.54, 1.807) is 30.5 Å². The largest absolute Gasteiger partial charge is 0.255 e. The van der Waals surface area contributed by atoms with Crippen molar-refractivity contribution in [3.05, 3.63) is 47.5 Å². The zero-order chi connectivity index (χ0) is 15.0. The van der Waals surface area contributed by atoms with Gasteiger partial charge in [-0.05, 0) is 29.5 Å². The van der Waals surface area contributed by atoms with Crippen LogP contribution in [0, 0.1) is 22.7 Å². The predicted octanol–water partition coefficient (Wildman–Crippen LogP) is 2.63. The molecule has 1 aliphatic rings. The second-order valence-electron chi connectivity index (χ2n) is 4.22. The van der Waals surface area contributed by atoms with Crippen molar-refractivity contribution < 1.29 is 8.42 Å². The molecule has 0 radical (unpaired) electrons. The van der Waals surface area contributed by atoms with Crippen LogP contribution in [0.4, 0.5) is 0 Å². The number of halogens is 1. The van der Waals surface area contributed by atoms with Crippen molar-refractivity contribution in [3.8, 4) is 12.1 Å². The summed E-state index contributed by atoms with van der Waals surface area (Å²) in [7, 11) is 1.62. The number of nitrogens with zero attached hydrogens (tertiary/aromatic N) is 2. The van der Waals surface area contributed by atoms with Crippen molar-refractivity contribution in [1.82, 2.24) is 0 Å². The summed E-state index contributed by atoms with van der Waals surface area (Å²) in [5.74, 6) is 0. The number of hydrogen-bond acceptors (Lipinski definition) is 5. The lowest BCUT2D eigenvalue weighted by Crippen LogP contribution is -2.36. The second kappa shape index (κ2) is 4.82. The second-order valence-corrected chi connectivity index (χ2v) is 8.27. The molecule has 0 aliphatic heterocycles. The fourth-order valence-corrected chi connectivity index (χ4v) is 5.30. The minimum absolute atomic E-state index is 0.353. The number of allylic oxidation sites excluding steroid dienone is 1. The smallest absolute Gasteiger partial charge is 0.210 e. The Morgan fingerprint density at radius 3 is 2.15 bits per heavy atom. The molecule has 0 aromatic heterocycles. The van der Waals surface area contributed by atoms with Gasteiger partial charge in [-0.25, -0.2) is 8.42 Å². The maximum atomic E-state index is 12.0. The maximum absolute atomic E-state index is 12.0. The summed E-state index contributed by atoms with van der Waals surface area (Å²) >= 11 is 1.04. The third-order valence-electron chi connectivity index (χ3n) is 3.30. The Kier molecular flexibility index (Phi) is 3.60. The van der Waals surface area contributed by atoms with Gasteiger partial charge in [-0.15, -0.1) is 11.8 Å². The van der Waals surface area contributed by atoms with E-state index in [4.69, 9.17) is 10.7 Å². The summed E-state index contributed by atoms with van der Waals surface area (Å²) in [5, 5.41) is 18.6. The van der Waals surface area contributed by atoms with Crippen molar-refractivity contribution in [2.45, 2.75) is 9.49 Å². The van der Waals surface area contributed by atoms with E-state index in [0.717, 1.165) is 11.8 Å². The summed E-state index contributed by atoms with van der Waals surface area (Å²) in [6.45, 7) is 0. The van der Waals surface area contributed by atoms with E-state index in [1.807, 2.05) is 12.1 Å². The Labute approximate surface area is 126 Å². The molecule has 0 spiro atoms. The lowest BCUT2D eigenvalue weighted by Gasteiger charge is -2.34. The average Bonchev–Trinajstić information content (AvgIpc) is 2.45. The van der Waals surface area contributed by atoms with Gasteiger partial charge in [0.1, 0.15) is 0 Å². The van der Waals surface area contributed by atoms with Crippen molar-refractivity contribution in [2.24, 2.45) is 0 Å². The van der Waals surface area contributed by atoms with Crippen LogP contribution < -0.4 is 0 Å². The summed E-state index contributed by atoms with van der Waals surface area (Å²) in [5.41, 5.74) is -0.781. The van der Waals surface area contributed by atoms with Gasteiger partial charge in [0.25, 0.3) is 9.05 Å². The number of hydrogen-bond donors (Lipinski definition) is 0. The van der Waals surface area contributed by atoms with Gasteiger partial charge in [-0.2, -0.15) is 10.5 Å². The quantitative estimate of drug-likeness (QED) is 0.617. The molecule has 4 nitrogen and oxygen atoms in total. The molecular weight excluding hydrogens is 316 g/mol. The normalized spacial score (nSPS) is 23.4.